The number of nitriles is 2. The van der Waals surface area contributed by atoms with E-state index in [4.69, 9.17) is 42.7 Å². The van der Waals surface area contributed by atoms with Gasteiger partial charge in [-0.3, -0.25) is 9.59 Å². The molecule has 2 amide bonds. The van der Waals surface area contributed by atoms with Crippen LogP contribution in [-0.2, 0) is 35.6 Å². The van der Waals surface area contributed by atoms with Crippen molar-refractivity contribution in [1.29, 1.82) is 10.5 Å². The minimum atomic E-state index is -1.31. The van der Waals surface area contributed by atoms with Gasteiger partial charge in [-0.2, -0.15) is 10.5 Å². The Morgan fingerprint density at radius 2 is 1.50 bits per heavy atom. The number of benzene rings is 6. The number of nitrogens with zero attached hydrogens (tertiary/aromatic N) is 3. The Balaban J connectivity index is 0.998. The van der Waals surface area contributed by atoms with E-state index in [0.717, 1.165) is 27.8 Å². The molecule has 0 saturated carbocycles. The van der Waals surface area contributed by atoms with E-state index >= 15 is 0 Å². The molecule has 62 heavy (non-hydrogen) atoms. The van der Waals surface area contributed by atoms with Gasteiger partial charge >= 0.3 is 5.97 Å². The van der Waals surface area contributed by atoms with Gasteiger partial charge in [-0.05, 0) is 99.6 Å². The molecule has 0 aliphatic carbocycles. The highest BCUT2D eigenvalue weighted by atomic mass is 35.5. The standard InChI is InChI=1S/C49H36Cl2N4O7/c50-40-18-9-31(19-41(40)51)27-60-38-16-14-34(15-17-38)46-28-61-44-22-36-21-43(55(26-37(36)23-45(44)62-46)48(57)39-4-2-1-3-35(39)25-53)47(56)54-42(49(58)59)20-29-5-10-32(11-6-29)33-12-7-30(24-52)8-13-33/h1-19,22-23,42-43,46H,20-21,26-28H2,(H,54,56)(H,58,59)/t42?,43-,46?/m0/s1. The Morgan fingerprint density at radius 3 is 2.19 bits per heavy atom. The third kappa shape index (κ3) is 9.05. The Hall–Kier alpha value is -7.31. The fourth-order valence-corrected chi connectivity index (χ4v) is 7.85. The van der Waals surface area contributed by atoms with Gasteiger partial charge in [-0.1, -0.05) is 89.9 Å². The van der Waals surface area contributed by atoms with Crippen LogP contribution in [-0.4, -0.2) is 46.5 Å². The second-order valence-corrected chi connectivity index (χ2v) is 15.7. The summed E-state index contributed by atoms with van der Waals surface area (Å²) in [4.78, 5) is 42.5. The lowest BCUT2D eigenvalue weighted by Crippen LogP contribution is -2.56. The summed E-state index contributed by atoms with van der Waals surface area (Å²) in [6.07, 6.45) is -0.415. The predicted octanol–water partition coefficient (Wildman–Crippen LogP) is 8.87. The van der Waals surface area contributed by atoms with Crippen LogP contribution in [0.25, 0.3) is 11.1 Å². The summed E-state index contributed by atoms with van der Waals surface area (Å²) in [7, 11) is 0. The van der Waals surface area contributed by atoms with E-state index in [1.54, 1.807) is 60.7 Å². The van der Waals surface area contributed by atoms with Gasteiger partial charge in [-0.25, -0.2) is 4.79 Å². The number of nitrogens with one attached hydrogen (secondary N) is 1. The highest BCUT2D eigenvalue weighted by Gasteiger charge is 2.39. The fraction of sp³-hybridized carbons (Fsp3) is 0.163. The van der Waals surface area contributed by atoms with Gasteiger partial charge in [-0.15, -0.1) is 0 Å². The van der Waals surface area contributed by atoms with E-state index in [1.807, 2.05) is 54.6 Å². The Bertz CT molecular complexity index is 2770. The molecular weight excluding hydrogens is 827 g/mol. The van der Waals surface area contributed by atoms with Crippen LogP contribution in [0.1, 0.15) is 55.4 Å². The molecule has 0 radical (unpaired) electrons. The van der Waals surface area contributed by atoms with Crippen LogP contribution < -0.4 is 19.5 Å². The smallest absolute Gasteiger partial charge is 0.326 e. The average Bonchev–Trinajstić information content (AvgIpc) is 3.30. The first-order valence-corrected chi connectivity index (χ1v) is 20.4. The number of aliphatic carboxylic acids is 1. The van der Waals surface area contributed by atoms with Crippen LogP contribution in [0.2, 0.25) is 10.0 Å². The van der Waals surface area contributed by atoms with Crippen molar-refractivity contribution >= 4 is 41.0 Å². The zero-order valence-electron chi connectivity index (χ0n) is 32.9. The monoisotopic (exact) mass is 862 g/mol. The summed E-state index contributed by atoms with van der Waals surface area (Å²) in [6.45, 7) is 0.496. The van der Waals surface area contributed by atoms with E-state index in [9.17, 15) is 24.8 Å². The number of fused-ring (bicyclic) bond motifs is 2. The van der Waals surface area contributed by atoms with E-state index in [1.165, 1.54) is 17.0 Å². The number of hydrogen-bond acceptors (Lipinski definition) is 8. The molecule has 308 valence electrons. The van der Waals surface area contributed by atoms with Crippen molar-refractivity contribution in [2.24, 2.45) is 0 Å². The number of carbonyl (C=O) groups is 3. The molecule has 2 aliphatic rings. The highest BCUT2D eigenvalue weighted by molar-refractivity contribution is 6.42. The number of carboxylic acids is 1. The molecule has 2 aliphatic heterocycles. The third-order valence-corrected chi connectivity index (χ3v) is 11.6. The summed E-state index contributed by atoms with van der Waals surface area (Å²) >= 11 is 12.2. The molecular formula is C49H36Cl2N4O7. The van der Waals surface area contributed by atoms with Crippen LogP contribution in [0.15, 0.2) is 127 Å². The van der Waals surface area contributed by atoms with Gasteiger partial charge in [0.05, 0.1) is 38.9 Å². The fourth-order valence-electron chi connectivity index (χ4n) is 7.53. The largest absolute Gasteiger partial charge is 0.489 e. The molecule has 13 heteroatoms. The van der Waals surface area contributed by atoms with E-state index in [0.29, 0.717) is 50.6 Å². The van der Waals surface area contributed by atoms with Crippen LogP contribution in [0.5, 0.6) is 17.2 Å². The summed E-state index contributed by atoms with van der Waals surface area (Å²) in [6, 6.07) is 38.9. The lowest BCUT2D eigenvalue weighted by atomic mass is 9.91. The topological polar surface area (TPSA) is 162 Å². The second-order valence-electron chi connectivity index (χ2n) is 14.9. The van der Waals surface area contributed by atoms with Gasteiger partial charge in [0.15, 0.2) is 17.6 Å². The number of ether oxygens (including phenoxy) is 3. The maximum absolute atomic E-state index is 14.3. The van der Waals surface area contributed by atoms with Crippen molar-refractivity contribution in [1.82, 2.24) is 10.2 Å². The summed E-state index contributed by atoms with van der Waals surface area (Å²) in [5, 5.41) is 32.9. The number of amides is 2. The summed E-state index contributed by atoms with van der Waals surface area (Å²) < 4.78 is 18.6. The van der Waals surface area contributed by atoms with Crippen molar-refractivity contribution in [3.63, 3.8) is 0 Å². The average molecular weight is 864 g/mol. The zero-order valence-corrected chi connectivity index (χ0v) is 34.4. The predicted molar refractivity (Wildman–Crippen MR) is 231 cm³/mol. The minimum Gasteiger partial charge on any atom is -0.489 e. The molecule has 8 rings (SSSR count). The quantitative estimate of drug-likeness (QED) is 0.130. The maximum Gasteiger partial charge on any atom is 0.326 e. The molecule has 2 heterocycles. The normalized spacial score (nSPS) is 15.6. The lowest BCUT2D eigenvalue weighted by molar-refractivity contribution is -0.142. The van der Waals surface area contributed by atoms with Crippen molar-refractivity contribution in [3.8, 4) is 40.5 Å². The number of carbonyl (C=O) groups excluding carboxylic acids is 2. The van der Waals surface area contributed by atoms with Crippen LogP contribution in [0.3, 0.4) is 0 Å². The first-order chi connectivity index (χ1) is 30.1. The molecule has 0 fully saturated rings. The Morgan fingerprint density at radius 1 is 0.806 bits per heavy atom. The molecule has 0 aromatic heterocycles. The Labute approximate surface area is 367 Å². The molecule has 3 atom stereocenters. The minimum absolute atomic E-state index is 0.0163. The molecule has 0 spiro atoms. The van der Waals surface area contributed by atoms with Crippen molar-refractivity contribution in [3.05, 3.63) is 182 Å². The second kappa shape index (κ2) is 18.1. The summed E-state index contributed by atoms with van der Waals surface area (Å²) in [5.41, 5.74) is 6.43. The maximum atomic E-state index is 14.3. The van der Waals surface area contributed by atoms with Crippen LogP contribution in [0.4, 0.5) is 0 Å². The number of hydrogen-bond donors (Lipinski definition) is 2. The first kappa shape index (κ1) is 41.4. The highest BCUT2D eigenvalue weighted by Crippen LogP contribution is 2.41. The van der Waals surface area contributed by atoms with E-state index in [-0.39, 0.29) is 37.1 Å². The van der Waals surface area contributed by atoms with Gasteiger partial charge in [0.1, 0.15) is 31.0 Å². The lowest BCUT2D eigenvalue weighted by Gasteiger charge is -2.38. The van der Waals surface area contributed by atoms with Gasteiger partial charge < -0.3 is 29.5 Å². The number of halogens is 2. The van der Waals surface area contributed by atoms with Gasteiger partial charge in [0, 0.05) is 19.4 Å². The third-order valence-electron chi connectivity index (χ3n) is 10.9. The Kier molecular flexibility index (Phi) is 12.1. The molecule has 0 bridgehead atoms. The van der Waals surface area contributed by atoms with Crippen molar-refractivity contribution < 1.29 is 33.7 Å². The van der Waals surface area contributed by atoms with E-state index in [2.05, 4.69) is 17.5 Å². The molecule has 2 unspecified atom stereocenters. The first-order valence-electron chi connectivity index (χ1n) is 19.6. The van der Waals surface area contributed by atoms with Crippen molar-refractivity contribution in [2.75, 3.05) is 6.61 Å². The molecule has 6 aromatic rings. The number of carboxylic acid groups (broad SMARTS) is 1. The number of rotatable bonds is 11. The van der Waals surface area contributed by atoms with E-state index < -0.39 is 36.0 Å². The molecule has 0 saturated heterocycles. The van der Waals surface area contributed by atoms with Crippen LogP contribution >= 0.6 is 23.2 Å². The van der Waals surface area contributed by atoms with Gasteiger partial charge in [0.2, 0.25) is 5.91 Å². The summed E-state index contributed by atoms with van der Waals surface area (Å²) in [5.74, 6) is -0.853. The zero-order chi connectivity index (χ0) is 43.3. The molecule has 2 N–H and O–H groups in total. The SMILES string of the molecule is N#Cc1ccc(-c2ccc(CC(NC(=O)[C@@H]3Cc4cc5c(cc4CN3C(=O)c3ccccc3C#N)OC(c3ccc(OCc4ccc(Cl)c(Cl)c4)cc3)CO5)C(=O)O)cc2)cc1. The molecule has 11 nitrogen and oxygen atoms in total. The van der Waals surface area contributed by atoms with Crippen molar-refractivity contribution in [2.45, 2.75) is 44.2 Å². The van der Waals surface area contributed by atoms with Crippen LogP contribution in [0, 0.1) is 22.7 Å². The molecule has 6 aromatic carbocycles. The van der Waals surface area contributed by atoms with Gasteiger partial charge in [0.25, 0.3) is 5.91 Å².